The van der Waals surface area contributed by atoms with Crippen LogP contribution in [0.2, 0.25) is 5.02 Å². The minimum atomic E-state index is -0.787. The smallest absolute Gasteiger partial charge is 0.323 e. The van der Waals surface area contributed by atoms with Crippen LogP contribution in [0.25, 0.3) is 0 Å². The molecule has 0 amide bonds. The predicted molar refractivity (Wildman–Crippen MR) is 76.1 cm³/mol. The number of halogens is 1. The van der Waals surface area contributed by atoms with Gasteiger partial charge in [0.15, 0.2) is 0 Å². The summed E-state index contributed by atoms with van der Waals surface area (Å²) in [6.45, 7) is 3.82. The molecule has 0 radical (unpaired) electrons. The van der Waals surface area contributed by atoms with E-state index in [1.165, 1.54) is 0 Å². The molecule has 0 saturated heterocycles. The second-order valence-electron chi connectivity index (χ2n) is 6.13. The molecule has 2 unspecified atom stereocenters. The third-order valence-corrected chi connectivity index (χ3v) is 5.09. The van der Waals surface area contributed by atoms with Gasteiger partial charge in [-0.3, -0.25) is 14.8 Å². The maximum absolute atomic E-state index is 11.7. The average Bonchev–Trinajstić information content (AvgIpc) is 3.04. The molecule has 1 aromatic heterocycles. The van der Waals surface area contributed by atoms with Crippen LogP contribution in [0.3, 0.4) is 0 Å². The molecular formula is C14H20ClN3O2. The predicted octanol–water partition coefficient (Wildman–Crippen LogP) is 2.45. The van der Waals surface area contributed by atoms with Crippen molar-refractivity contribution in [2.45, 2.75) is 63.6 Å². The maximum Gasteiger partial charge on any atom is 0.323 e. The van der Waals surface area contributed by atoms with Crippen molar-refractivity contribution in [3.05, 3.63) is 16.4 Å². The normalized spacial score (nSPS) is 29.9. The summed E-state index contributed by atoms with van der Waals surface area (Å²) in [6, 6.07) is 0.498. The first kappa shape index (κ1) is 13.9. The summed E-state index contributed by atoms with van der Waals surface area (Å²) in [7, 11) is 0. The van der Waals surface area contributed by atoms with Gasteiger partial charge < -0.3 is 5.11 Å². The molecule has 2 fully saturated rings. The summed E-state index contributed by atoms with van der Waals surface area (Å²) in [6.07, 6.45) is 4.23. The summed E-state index contributed by atoms with van der Waals surface area (Å²) in [4.78, 5) is 11.7. The molecule has 0 bridgehead atoms. The maximum atomic E-state index is 11.7. The molecule has 1 heterocycles. The van der Waals surface area contributed by atoms with Crippen molar-refractivity contribution in [3.63, 3.8) is 0 Å². The topological polar surface area (TPSA) is 67.2 Å². The van der Waals surface area contributed by atoms with Gasteiger partial charge in [-0.05, 0) is 46.0 Å². The molecule has 1 aromatic rings. The second-order valence-corrected chi connectivity index (χ2v) is 6.51. The van der Waals surface area contributed by atoms with Crippen molar-refractivity contribution in [2.75, 3.05) is 0 Å². The molecule has 2 aliphatic rings. The van der Waals surface area contributed by atoms with Crippen LogP contribution in [-0.2, 0) is 4.79 Å². The van der Waals surface area contributed by atoms with Crippen LogP contribution in [0.4, 0.5) is 0 Å². The monoisotopic (exact) mass is 297 g/mol. The van der Waals surface area contributed by atoms with Crippen LogP contribution < -0.4 is 5.32 Å². The lowest BCUT2D eigenvalue weighted by Gasteiger charge is -2.26. The number of hydrogen-bond donors (Lipinski definition) is 2. The molecule has 0 aliphatic heterocycles. The standard InChI is InChI=1S/C14H20ClN3O2/c1-8-12(15)9(2)18(17-8)11-5-6-14(7-11,13(19)20)16-10-3-4-10/h10-11,16H,3-7H2,1-2H3,(H,19,20). The number of carboxylic acids is 1. The van der Waals surface area contributed by atoms with Gasteiger partial charge in [-0.25, -0.2) is 0 Å². The summed E-state index contributed by atoms with van der Waals surface area (Å²) in [5.74, 6) is -0.737. The van der Waals surface area contributed by atoms with E-state index in [0.29, 0.717) is 23.9 Å². The van der Waals surface area contributed by atoms with Crippen molar-refractivity contribution in [3.8, 4) is 0 Å². The Labute approximate surface area is 123 Å². The molecule has 2 aliphatic carbocycles. The Bertz CT molecular complexity index is 553. The summed E-state index contributed by atoms with van der Waals surface area (Å²) < 4.78 is 1.91. The van der Waals surface area contributed by atoms with Crippen LogP contribution in [-0.4, -0.2) is 32.4 Å². The Morgan fingerprint density at radius 1 is 1.45 bits per heavy atom. The number of rotatable bonds is 4. The van der Waals surface area contributed by atoms with Gasteiger partial charge in [-0.2, -0.15) is 5.10 Å². The van der Waals surface area contributed by atoms with Gasteiger partial charge in [0.25, 0.3) is 0 Å². The van der Waals surface area contributed by atoms with Crippen molar-refractivity contribution in [1.82, 2.24) is 15.1 Å². The van der Waals surface area contributed by atoms with Crippen molar-refractivity contribution in [1.29, 1.82) is 0 Å². The second kappa shape index (κ2) is 4.74. The summed E-state index contributed by atoms with van der Waals surface area (Å²) >= 11 is 6.19. The lowest BCUT2D eigenvalue weighted by Crippen LogP contribution is -2.51. The molecule has 0 spiro atoms. The zero-order valence-corrected chi connectivity index (χ0v) is 12.6. The fraction of sp³-hybridized carbons (Fsp3) is 0.714. The fourth-order valence-corrected chi connectivity index (χ4v) is 3.36. The quantitative estimate of drug-likeness (QED) is 0.896. The molecular weight excluding hydrogens is 278 g/mol. The van der Waals surface area contributed by atoms with Crippen LogP contribution in [0, 0.1) is 13.8 Å². The van der Waals surface area contributed by atoms with E-state index in [-0.39, 0.29) is 6.04 Å². The van der Waals surface area contributed by atoms with Crippen LogP contribution in [0.5, 0.6) is 0 Å². The highest BCUT2D eigenvalue weighted by molar-refractivity contribution is 6.31. The van der Waals surface area contributed by atoms with E-state index in [4.69, 9.17) is 11.6 Å². The number of carboxylic acid groups (broad SMARTS) is 1. The minimum absolute atomic E-state index is 0.114. The van der Waals surface area contributed by atoms with E-state index in [0.717, 1.165) is 30.7 Å². The first-order chi connectivity index (χ1) is 9.43. The van der Waals surface area contributed by atoms with E-state index in [1.807, 2.05) is 18.5 Å². The van der Waals surface area contributed by atoms with Crippen molar-refractivity contribution in [2.24, 2.45) is 0 Å². The lowest BCUT2D eigenvalue weighted by atomic mass is 9.97. The molecule has 2 atom stereocenters. The Balaban J connectivity index is 1.83. The van der Waals surface area contributed by atoms with E-state index in [9.17, 15) is 9.90 Å². The van der Waals surface area contributed by atoms with Crippen LogP contribution >= 0.6 is 11.6 Å². The van der Waals surface area contributed by atoms with Gasteiger partial charge in [-0.1, -0.05) is 11.6 Å². The Kier molecular flexibility index (Phi) is 3.29. The molecule has 20 heavy (non-hydrogen) atoms. The van der Waals surface area contributed by atoms with Gasteiger partial charge in [0.1, 0.15) is 5.54 Å². The lowest BCUT2D eigenvalue weighted by molar-refractivity contribution is -0.144. The zero-order chi connectivity index (χ0) is 14.5. The highest BCUT2D eigenvalue weighted by Crippen LogP contribution is 2.41. The number of carbonyl (C=O) groups is 1. The van der Waals surface area contributed by atoms with E-state index in [1.54, 1.807) is 0 Å². The van der Waals surface area contributed by atoms with E-state index in [2.05, 4.69) is 10.4 Å². The number of nitrogens with one attached hydrogen (secondary N) is 1. The number of hydrogen-bond acceptors (Lipinski definition) is 3. The molecule has 110 valence electrons. The third kappa shape index (κ3) is 2.23. The Morgan fingerprint density at radius 2 is 2.15 bits per heavy atom. The molecule has 0 aromatic carbocycles. The van der Waals surface area contributed by atoms with E-state index >= 15 is 0 Å². The first-order valence-electron chi connectivity index (χ1n) is 7.15. The zero-order valence-electron chi connectivity index (χ0n) is 11.8. The van der Waals surface area contributed by atoms with Crippen molar-refractivity contribution >= 4 is 17.6 Å². The fourth-order valence-electron chi connectivity index (χ4n) is 3.23. The molecule has 6 heteroatoms. The molecule has 5 nitrogen and oxygen atoms in total. The highest BCUT2D eigenvalue weighted by atomic mass is 35.5. The van der Waals surface area contributed by atoms with Gasteiger partial charge >= 0.3 is 5.97 Å². The number of nitrogens with zero attached hydrogens (tertiary/aromatic N) is 2. The molecule has 2 saturated carbocycles. The largest absolute Gasteiger partial charge is 0.480 e. The number of aliphatic carboxylic acids is 1. The van der Waals surface area contributed by atoms with Gasteiger partial charge in [0.05, 0.1) is 22.5 Å². The van der Waals surface area contributed by atoms with Gasteiger partial charge in [0.2, 0.25) is 0 Å². The van der Waals surface area contributed by atoms with Crippen LogP contribution in [0.1, 0.15) is 49.5 Å². The number of aryl methyl sites for hydroxylation is 1. The third-order valence-electron chi connectivity index (χ3n) is 4.54. The van der Waals surface area contributed by atoms with Crippen molar-refractivity contribution < 1.29 is 9.90 Å². The van der Waals surface area contributed by atoms with Gasteiger partial charge in [-0.15, -0.1) is 0 Å². The van der Waals surface area contributed by atoms with Crippen LogP contribution in [0.15, 0.2) is 0 Å². The first-order valence-corrected chi connectivity index (χ1v) is 7.53. The Hall–Kier alpha value is -1.07. The summed E-state index contributed by atoms with van der Waals surface area (Å²) in [5, 5.41) is 18.1. The molecule has 3 rings (SSSR count). The van der Waals surface area contributed by atoms with E-state index < -0.39 is 11.5 Å². The number of aromatic nitrogens is 2. The highest BCUT2D eigenvalue weighted by Gasteiger charge is 2.49. The minimum Gasteiger partial charge on any atom is -0.480 e. The molecule has 2 N–H and O–H groups in total. The SMILES string of the molecule is Cc1nn(C2CCC(NC3CC3)(C(=O)O)C2)c(C)c1Cl. The summed E-state index contributed by atoms with van der Waals surface area (Å²) in [5.41, 5.74) is 0.957. The Morgan fingerprint density at radius 3 is 2.65 bits per heavy atom. The average molecular weight is 298 g/mol. The van der Waals surface area contributed by atoms with Gasteiger partial charge in [0, 0.05) is 6.04 Å².